The van der Waals surface area contributed by atoms with E-state index in [1.807, 2.05) is 6.07 Å². The number of aromatic nitrogens is 2. The normalized spacial score (nSPS) is 23.8. The van der Waals surface area contributed by atoms with Gasteiger partial charge in [-0.15, -0.1) is 24.0 Å². The van der Waals surface area contributed by atoms with Gasteiger partial charge in [0.25, 0.3) is 0 Å². The number of nitrogens with zero attached hydrogens (tertiary/aromatic N) is 5. The summed E-state index contributed by atoms with van der Waals surface area (Å²) >= 11 is 0. The van der Waals surface area contributed by atoms with E-state index in [1.165, 1.54) is 0 Å². The molecule has 1 saturated carbocycles. The predicted octanol–water partition coefficient (Wildman–Crippen LogP) is 1.08. The van der Waals surface area contributed by atoms with Crippen LogP contribution in [0.1, 0.15) is 32.6 Å². The van der Waals surface area contributed by atoms with E-state index in [2.05, 4.69) is 37.3 Å². The molecule has 1 saturated heterocycles. The molecule has 28 heavy (non-hydrogen) atoms. The second-order valence-corrected chi connectivity index (χ2v) is 7.29. The highest BCUT2D eigenvalue weighted by molar-refractivity contribution is 14.0. The van der Waals surface area contributed by atoms with Crippen LogP contribution in [-0.2, 0) is 0 Å². The van der Waals surface area contributed by atoms with Crippen molar-refractivity contribution in [1.29, 1.82) is 0 Å². The summed E-state index contributed by atoms with van der Waals surface area (Å²) < 4.78 is 0. The van der Waals surface area contributed by atoms with Crippen LogP contribution >= 0.6 is 24.0 Å². The Hall–Kier alpha value is -1.20. The lowest BCUT2D eigenvalue weighted by Crippen LogP contribution is -2.48. The Morgan fingerprint density at radius 2 is 1.82 bits per heavy atom. The topological polar surface area (TPSA) is 88.9 Å². The summed E-state index contributed by atoms with van der Waals surface area (Å²) in [4.78, 5) is 18.1. The Kier molecular flexibility index (Phi) is 10.2. The Bertz CT molecular complexity index is 573. The first-order chi connectivity index (χ1) is 13.2. The van der Waals surface area contributed by atoms with Crippen LogP contribution in [0, 0.1) is 0 Å². The van der Waals surface area contributed by atoms with Gasteiger partial charge in [-0.25, -0.2) is 9.97 Å². The lowest BCUT2D eigenvalue weighted by Gasteiger charge is -2.34. The van der Waals surface area contributed by atoms with E-state index in [0.717, 1.165) is 83.4 Å². The minimum absolute atomic E-state index is 0. The molecule has 2 fully saturated rings. The average molecular weight is 503 g/mol. The third-order valence-corrected chi connectivity index (χ3v) is 5.28. The van der Waals surface area contributed by atoms with E-state index >= 15 is 0 Å². The predicted molar refractivity (Wildman–Crippen MR) is 123 cm³/mol. The lowest BCUT2D eigenvalue weighted by molar-refractivity contribution is 0.120. The molecule has 0 bridgehead atoms. The molecule has 1 aliphatic heterocycles. The number of hydrogen-bond acceptors (Lipinski definition) is 6. The molecule has 0 aromatic carbocycles. The molecule has 9 heteroatoms. The van der Waals surface area contributed by atoms with Gasteiger partial charge in [-0.1, -0.05) is 0 Å². The average Bonchev–Trinajstić information content (AvgIpc) is 2.71. The maximum Gasteiger partial charge on any atom is 0.225 e. The summed E-state index contributed by atoms with van der Waals surface area (Å²) in [5.41, 5.74) is 0. The molecule has 0 spiro atoms. The van der Waals surface area contributed by atoms with Gasteiger partial charge in [0, 0.05) is 57.7 Å². The van der Waals surface area contributed by atoms with Gasteiger partial charge in [0.05, 0.1) is 12.6 Å². The standard InChI is InChI=1S/C19H33N7O.HI/c1-2-20-18(24-16-4-6-17(27)7-5-16)21-10-11-25-12-14-26(15-13-25)19-22-8-3-9-23-19;/h3,8-9,16-17,27H,2,4-7,10-15H2,1H3,(H2,20,21,24);1H. The molecule has 0 amide bonds. The minimum Gasteiger partial charge on any atom is -0.393 e. The Balaban J connectivity index is 0.00000280. The van der Waals surface area contributed by atoms with Crippen molar-refractivity contribution in [3.05, 3.63) is 18.5 Å². The monoisotopic (exact) mass is 503 g/mol. The molecule has 2 aliphatic rings. The zero-order valence-electron chi connectivity index (χ0n) is 16.8. The van der Waals surface area contributed by atoms with Crippen molar-refractivity contribution in [2.24, 2.45) is 4.99 Å². The highest BCUT2D eigenvalue weighted by atomic mass is 127. The van der Waals surface area contributed by atoms with Crippen molar-refractivity contribution in [3.63, 3.8) is 0 Å². The number of aliphatic hydroxyl groups excluding tert-OH is 1. The van der Waals surface area contributed by atoms with E-state index in [-0.39, 0.29) is 30.1 Å². The van der Waals surface area contributed by atoms with E-state index in [4.69, 9.17) is 4.99 Å². The molecule has 2 heterocycles. The van der Waals surface area contributed by atoms with Gasteiger partial charge < -0.3 is 20.6 Å². The van der Waals surface area contributed by atoms with Crippen molar-refractivity contribution in [2.75, 3.05) is 50.7 Å². The Morgan fingerprint density at radius 1 is 1.14 bits per heavy atom. The largest absolute Gasteiger partial charge is 0.393 e. The first kappa shape index (κ1) is 23.1. The van der Waals surface area contributed by atoms with Crippen molar-refractivity contribution < 1.29 is 5.11 Å². The summed E-state index contributed by atoms with van der Waals surface area (Å²) in [6, 6.07) is 2.27. The van der Waals surface area contributed by atoms with E-state index in [9.17, 15) is 5.11 Å². The van der Waals surface area contributed by atoms with Crippen LogP contribution in [-0.4, -0.2) is 83.9 Å². The molecule has 8 nitrogen and oxygen atoms in total. The van der Waals surface area contributed by atoms with Gasteiger partial charge in [-0.3, -0.25) is 9.89 Å². The first-order valence-electron chi connectivity index (χ1n) is 10.2. The quantitative estimate of drug-likeness (QED) is 0.304. The third kappa shape index (κ3) is 7.32. The van der Waals surface area contributed by atoms with Crippen molar-refractivity contribution in [1.82, 2.24) is 25.5 Å². The number of hydrogen-bond donors (Lipinski definition) is 3. The van der Waals surface area contributed by atoms with Crippen LogP contribution in [0.5, 0.6) is 0 Å². The molecule has 1 aromatic rings. The molecule has 3 rings (SSSR count). The number of nitrogens with one attached hydrogen (secondary N) is 2. The maximum atomic E-state index is 9.65. The van der Waals surface area contributed by atoms with Crippen LogP contribution in [0.4, 0.5) is 5.95 Å². The summed E-state index contributed by atoms with van der Waals surface area (Å²) in [7, 11) is 0. The van der Waals surface area contributed by atoms with Crippen molar-refractivity contribution >= 4 is 35.9 Å². The summed E-state index contributed by atoms with van der Waals surface area (Å²) in [5.74, 6) is 1.72. The van der Waals surface area contributed by atoms with Crippen molar-refractivity contribution in [3.8, 4) is 0 Å². The number of aliphatic hydroxyl groups is 1. The van der Waals surface area contributed by atoms with Gasteiger partial charge in [0.15, 0.2) is 5.96 Å². The van der Waals surface area contributed by atoms with E-state index in [0.29, 0.717) is 6.04 Å². The molecule has 1 aromatic heterocycles. The van der Waals surface area contributed by atoms with Gasteiger partial charge >= 0.3 is 0 Å². The van der Waals surface area contributed by atoms with E-state index in [1.54, 1.807) is 12.4 Å². The fraction of sp³-hybridized carbons (Fsp3) is 0.737. The molecular weight excluding hydrogens is 469 g/mol. The first-order valence-corrected chi connectivity index (χ1v) is 10.2. The summed E-state index contributed by atoms with van der Waals surface area (Å²) in [6.07, 6.45) is 7.25. The summed E-state index contributed by atoms with van der Waals surface area (Å²) in [5, 5.41) is 16.5. The molecule has 0 atom stereocenters. The molecule has 158 valence electrons. The number of aliphatic imine (C=N–C) groups is 1. The Morgan fingerprint density at radius 3 is 2.46 bits per heavy atom. The van der Waals surface area contributed by atoms with E-state index < -0.39 is 0 Å². The number of rotatable bonds is 6. The second-order valence-electron chi connectivity index (χ2n) is 7.29. The molecular formula is C19H34IN7O. The smallest absolute Gasteiger partial charge is 0.225 e. The molecule has 3 N–H and O–H groups in total. The van der Waals surface area contributed by atoms with Gasteiger partial charge in [0.2, 0.25) is 5.95 Å². The maximum absolute atomic E-state index is 9.65. The van der Waals surface area contributed by atoms with Crippen LogP contribution in [0.15, 0.2) is 23.5 Å². The highest BCUT2D eigenvalue weighted by Crippen LogP contribution is 2.18. The zero-order chi connectivity index (χ0) is 18.9. The summed E-state index contributed by atoms with van der Waals surface area (Å²) in [6.45, 7) is 8.63. The van der Waals surface area contributed by atoms with Crippen molar-refractivity contribution in [2.45, 2.75) is 44.8 Å². The van der Waals surface area contributed by atoms with Crippen LogP contribution < -0.4 is 15.5 Å². The fourth-order valence-corrected chi connectivity index (χ4v) is 3.66. The number of piperazine rings is 1. The van der Waals surface area contributed by atoms with Crippen LogP contribution in [0.2, 0.25) is 0 Å². The number of halogens is 1. The molecule has 1 aliphatic carbocycles. The van der Waals surface area contributed by atoms with Gasteiger partial charge in [-0.05, 0) is 38.7 Å². The van der Waals surface area contributed by atoms with Gasteiger partial charge in [0.1, 0.15) is 0 Å². The second kappa shape index (κ2) is 12.4. The van der Waals surface area contributed by atoms with Gasteiger partial charge in [-0.2, -0.15) is 0 Å². The minimum atomic E-state index is -0.123. The Labute approximate surface area is 185 Å². The highest BCUT2D eigenvalue weighted by Gasteiger charge is 2.20. The molecule has 0 unspecified atom stereocenters. The molecule has 0 radical (unpaired) electrons. The number of guanidine groups is 1. The fourth-order valence-electron chi connectivity index (χ4n) is 3.66. The third-order valence-electron chi connectivity index (χ3n) is 5.28. The van der Waals surface area contributed by atoms with Crippen LogP contribution in [0.3, 0.4) is 0 Å². The zero-order valence-corrected chi connectivity index (χ0v) is 19.1. The lowest BCUT2D eigenvalue weighted by atomic mass is 9.93. The SMILES string of the molecule is CCNC(=NCCN1CCN(c2ncccn2)CC1)NC1CCC(O)CC1.I. The number of anilines is 1. The van der Waals surface area contributed by atoms with Crippen LogP contribution in [0.25, 0.3) is 0 Å².